The highest BCUT2D eigenvalue weighted by Gasteiger charge is 2.44. The van der Waals surface area contributed by atoms with E-state index in [1.807, 2.05) is 58.3 Å². The number of hydrogen-bond acceptors (Lipinski definition) is 7. The number of hydrogen-bond donors (Lipinski definition) is 1. The van der Waals surface area contributed by atoms with Crippen molar-refractivity contribution in [3.63, 3.8) is 0 Å². The monoisotopic (exact) mass is 431 g/mol. The molecule has 0 saturated heterocycles. The molecule has 1 aliphatic carbocycles. The lowest BCUT2D eigenvalue weighted by Gasteiger charge is -2.10. The molecule has 9 nitrogen and oxygen atoms in total. The third-order valence-corrected chi connectivity index (χ3v) is 5.90. The van der Waals surface area contributed by atoms with Crippen LogP contribution in [-0.4, -0.2) is 41.8 Å². The number of rotatable bonds is 7. The maximum atomic E-state index is 12.3. The normalized spacial score (nSPS) is 14.5. The van der Waals surface area contributed by atoms with Crippen molar-refractivity contribution in [3.8, 4) is 17.0 Å². The average Bonchev–Trinajstić information content (AvgIpc) is 3.20. The number of anilines is 2. The second kappa shape index (κ2) is 7.44. The molecule has 4 aromatic rings. The van der Waals surface area contributed by atoms with E-state index in [0.29, 0.717) is 23.2 Å². The quantitative estimate of drug-likeness (QED) is 0.477. The smallest absolute Gasteiger partial charge is 0.176 e. The summed E-state index contributed by atoms with van der Waals surface area (Å²) in [7, 11) is 1.86. The van der Waals surface area contributed by atoms with Gasteiger partial charge in [0.25, 0.3) is 0 Å². The van der Waals surface area contributed by atoms with Crippen molar-refractivity contribution in [2.75, 3.05) is 11.9 Å². The van der Waals surface area contributed by atoms with Gasteiger partial charge < -0.3 is 10.1 Å². The Morgan fingerprint density at radius 1 is 1.19 bits per heavy atom. The maximum Gasteiger partial charge on any atom is 0.176 e. The summed E-state index contributed by atoms with van der Waals surface area (Å²) in [5, 5.41) is 12.2. The zero-order valence-electron chi connectivity index (χ0n) is 18.6. The summed E-state index contributed by atoms with van der Waals surface area (Å²) in [6.45, 7) is 5.85. The number of aromatic nitrogens is 6. The number of fused-ring (bicyclic) bond motifs is 1. The van der Waals surface area contributed by atoms with Crippen LogP contribution in [0.4, 0.5) is 11.6 Å². The van der Waals surface area contributed by atoms with Crippen molar-refractivity contribution in [2.24, 2.45) is 12.5 Å². The van der Waals surface area contributed by atoms with Gasteiger partial charge in [0.1, 0.15) is 23.9 Å². The minimum Gasteiger partial charge on any atom is -0.482 e. The average molecular weight is 432 g/mol. The van der Waals surface area contributed by atoms with E-state index in [1.165, 1.54) is 0 Å². The van der Waals surface area contributed by atoms with Crippen LogP contribution in [-0.2, 0) is 11.8 Å². The third kappa shape index (κ3) is 3.81. The fraction of sp³-hybridized carbons (Fsp3) is 0.348. The molecule has 0 atom stereocenters. The van der Waals surface area contributed by atoms with Gasteiger partial charge in [-0.25, -0.2) is 14.5 Å². The molecule has 0 radical (unpaired) electrons. The van der Waals surface area contributed by atoms with E-state index in [-0.39, 0.29) is 17.8 Å². The van der Waals surface area contributed by atoms with Crippen LogP contribution in [0.5, 0.6) is 5.75 Å². The number of Topliss-reactive ketones (excluding diaryl/α,β-unsaturated/α-hetero) is 1. The van der Waals surface area contributed by atoms with Crippen LogP contribution < -0.4 is 10.1 Å². The van der Waals surface area contributed by atoms with Crippen molar-refractivity contribution in [1.82, 2.24) is 29.4 Å². The zero-order valence-corrected chi connectivity index (χ0v) is 18.6. The second-order valence-electron chi connectivity index (χ2n) is 8.63. The Bertz CT molecular complexity index is 1310. The molecule has 0 bridgehead atoms. The van der Waals surface area contributed by atoms with Crippen LogP contribution in [0.25, 0.3) is 16.8 Å². The highest BCUT2D eigenvalue weighted by molar-refractivity contribution is 5.88. The van der Waals surface area contributed by atoms with Gasteiger partial charge in [-0.15, -0.1) is 0 Å². The number of carbonyl (C=O) groups is 1. The SMILES string of the molecule is Cc1cc(Nc2cc3cc(-c4c(OCC(=O)C5(C)CC5)cnn4C)ccn3n2)nc(C)n1. The number of ether oxygens (including phenoxy) is 1. The first-order valence-electron chi connectivity index (χ1n) is 10.6. The van der Waals surface area contributed by atoms with Crippen LogP contribution >= 0.6 is 0 Å². The molecule has 0 aromatic carbocycles. The van der Waals surface area contributed by atoms with Crippen LogP contribution in [0.1, 0.15) is 31.3 Å². The first kappa shape index (κ1) is 20.2. The van der Waals surface area contributed by atoms with Crippen LogP contribution in [0.3, 0.4) is 0 Å². The van der Waals surface area contributed by atoms with Crippen LogP contribution in [0, 0.1) is 19.3 Å². The Kier molecular flexibility index (Phi) is 4.69. The fourth-order valence-electron chi connectivity index (χ4n) is 3.75. The minimum atomic E-state index is -0.205. The molecule has 1 N–H and O–H groups in total. The first-order chi connectivity index (χ1) is 15.3. The number of aryl methyl sites for hydroxylation is 3. The largest absolute Gasteiger partial charge is 0.482 e. The summed E-state index contributed by atoms with van der Waals surface area (Å²) < 4.78 is 9.43. The van der Waals surface area contributed by atoms with Crippen molar-refractivity contribution < 1.29 is 9.53 Å². The van der Waals surface area contributed by atoms with Gasteiger partial charge in [0, 0.05) is 42.0 Å². The highest BCUT2D eigenvalue weighted by Crippen LogP contribution is 2.46. The molecule has 0 aliphatic heterocycles. The second-order valence-corrected chi connectivity index (χ2v) is 8.63. The van der Waals surface area contributed by atoms with E-state index < -0.39 is 0 Å². The summed E-state index contributed by atoms with van der Waals surface area (Å²) in [4.78, 5) is 21.1. The van der Waals surface area contributed by atoms with Gasteiger partial charge >= 0.3 is 0 Å². The summed E-state index contributed by atoms with van der Waals surface area (Å²) in [5.74, 6) is 2.83. The lowest BCUT2D eigenvalue weighted by molar-refractivity contribution is -0.125. The predicted octanol–water partition coefficient (Wildman–Crippen LogP) is 3.63. The Balaban J connectivity index is 1.40. The lowest BCUT2D eigenvalue weighted by atomic mass is 10.1. The summed E-state index contributed by atoms with van der Waals surface area (Å²) in [6, 6.07) is 7.80. The molecule has 0 spiro atoms. The van der Waals surface area contributed by atoms with E-state index in [1.54, 1.807) is 15.4 Å². The lowest BCUT2D eigenvalue weighted by Crippen LogP contribution is -2.20. The van der Waals surface area contributed by atoms with Crippen LogP contribution in [0.2, 0.25) is 0 Å². The number of nitrogens with one attached hydrogen (secondary N) is 1. The Labute approximate surface area is 185 Å². The fourth-order valence-corrected chi connectivity index (χ4v) is 3.75. The van der Waals surface area contributed by atoms with Crippen molar-refractivity contribution in [1.29, 1.82) is 0 Å². The first-order valence-corrected chi connectivity index (χ1v) is 10.6. The molecule has 164 valence electrons. The number of ketones is 1. The molecule has 5 rings (SSSR count). The van der Waals surface area contributed by atoms with Gasteiger partial charge in [0.15, 0.2) is 17.4 Å². The Hall–Kier alpha value is -3.75. The molecule has 4 heterocycles. The molecular weight excluding hydrogens is 406 g/mol. The molecule has 1 aliphatic rings. The molecule has 1 saturated carbocycles. The maximum absolute atomic E-state index is 12.3. The van der Waals surface area contributed by atoms with Crippen molar-refractivity contribution in [3.05, 3.63) is 48.2 Å². The zero-order chi connectivity index (χ0) is 22.5. The molecule has 9 heteroatoms. The molecule has 0 amide bonds. The van der Waals surface area contributed by atoms with Crippen LogP contribution in [0.15, 0.2) is 36.7 Å². The van der Waals surface area contributed by atoms with Gasteiger partial charge in [0.2, 0.25) is 0 Å². The van der Waals surface area contributed by atoms with E-state index in [0.717, 1.165) is 35.3 Å². The highest BCUT2D eigenvalue weighted by atomic mass is 16.5. The number of nitrogens with zero attached hydrogens (tertiary/aromatic N) is 6. The topological polar surface area (TPSA) is 99.2 Å². The van der Waals surface area contributed by atoms with E-state index in [9.17, 15) is 4.79 Å². The third-order valence-electron chi connectivity index (χ3n) is 5.90. The summed E-state index contributed by atoms with van der Waals surface area (Å²) >= 11 is 0. The summed E-state index contributed by atoms with van der Waals surface area (Å²) in [6.07, 6.45) is 5.43. The number of pyridine rings is 1. The van der Waals surface area contributed by atoms with E-state index >= 15 is 0 Å². The van der Waals surface area contributed by atoms with Gasteiger partial charge in [-0.1, -0.05) is 6.92 Å². The van der Waals surface area contributed by atoms with Gasteiger partial charge in [0.05, 0.1) is 11.7 Å². The summed E-state index contributed by atoms with van der Waals surface area (Å²) in [5.41, 5.74) is 3.34. The standard InChI is InChI=1S/C23H25N7O2/c1-14-9-20(26-15(2)25-14)27-21-11-17-10-16(5-8-30(17)28-21)22-18(12-24-29(22)4)32-13-19(31)23(3)6-7-23/h5,8-12H,6-7,13H2,1-4H3,(H,25,26,27,28). The molecule has 0 unspecified atom stereocenters. The Morgan fingerprint density at radius 2 is 2.00 bits per heavy atom. The van der Waals surface area contributed by atoms with E-state index in [2.05, 4.69) is 25.5 Å². The molecular formula is C23H25N7O2. The van der Waals surface area contributed by atoms with Gasteiger partial charge in [-0.3, -0.25) is 9.48 Å². The van der Waals surface area contributed by atoms with Gasteiger partial charge in [-0.2, -0.15) is 10.2 Å². The number of carbonyl (C=O) groups excluding carboxylic acids is 1. The molecule has 32 heavy (non-hydrogen) atoms. The Morgan fingerprint density at radius 3 is 2.75 bits per heavy atom. The van der Waals surface area contributed by atoms with Crippen molar-refractivity contribution in [2.45, 2.75) is 33.6 Å². The molecule has 4 aromatic heterocycles. The van der Waals surface area contributed by atoms with E-state index in [4.69, 9.17) is 4.74 Å². The van der Waals surface area contributed by atoms with Crippen molar-refractivity contribution >= 4 is 22.9 Å². The minimum absolute atomic E-state index is 0.0654. The molecule has 1 fully saturated rings. The predicted molar refractivity (Wildman–Crippen MR) is 120 cm³/mol. The van der Waals surface area contributed by atoms with Gasteiger partial charge in [-0.05, 0) is 38.8 Å².